The number of allylic oxidation sites excluding steroid dienone is 5. The fraction of sp³-hybridized carbons (Fsp3) is 0.239. The van der Waals surface area contributed by atoms with E-state index < -0.39 is 21.4 Å². The quantitative estimate of drug-likeness (QED) is 0.0742. The number of halogens is 5. The molecule has 2 unspecified atom stereocenters. The Morgan fingerprint density at radius 3 is 2.09 bits per heavy atom. The number of rotatable bonds is 11. The average Bonchev–Trinajstić information content (AvgIpc) is 3.78. The van der Waals surface area contributed by atoms with Gasteiger partial charge in [-0.15, -0.1) is 0 Å². The monoisotopic (exact) mass is 827 g/mol. The van der Waals surface area contributed by atoms with Crippen LogP contribution in [0.15, 0.2) is 109 Å². The van der Waals surface area contributed by atoms with Crippen LogP contribution >= 0.6 is 23.2 Å². The molecular weight excluding hydrogens is 788 g/mol. The van der Waals surface area contributed by atoms with Crippen LogP contribution in [0.4, 0.5) is 18.9 Å². The lowest BCUT2D eigenvalue weighted by atomic mass is 10.0. The first-order chi connectivity index (χ1) is 27.3. The minimum absolute atomic E-state index is 0.0626. The number of hydrogen-bond acceptors (Lipinski definition) is 3. The molecule has 0 bridgehead atoms. The number of nitrogens with zero attached hydrogens (tertiary/aromatic N) is 2. The van der Waals surface area contributed by atoms with Crippen LogP contribution in [-0.2, 0) is 14.3 Å². The molecule has 5 nitrogen and oxygen atoms in total. The molecule has 0 saturated carbocycles. The first kappa shape index (κ1) is 39.0. The van der Waals surface area contributed by atoms with Crippen LogP contribution in [0.25, 0.3) is 49.7 Å². The highest BCUT2D eigenvalue weighted by molar-refractivity contribution is 7.87. The van der Waals surface area contributed by atoms with E-state index in [1.54, 1.807) is 36.4 Å². The fourth-order valence-electron chi connectivity index (χ4n) is 8.68. The van der Waals surface area contributed by atoms with Gasteiger partial charge >= 0.3 is 15.6 Å². The molecule has 2 heterocycles. The summed E-state index contributed by atoms with van der Waals surface area (Å²) < 4.78 is 78.0. The van der Waals surface area contributed by atoms with Crippen molar-refractivity contribution in [2.45, 2.75) is 71.0 Å². The minimum atomic E-state index is -6.07. The zero-order chi connectivity index (χ0) is 40.4. The van der Waals surface area contributed by atoms with Crippen LogP contribution in [0, 0.1) is 0 Å². The summed E-state index contributed by atoms with van der Waals surface area (Å²) in [6.07, 6.45) is 10.6. The van der Waals surface area contributed by atoms with Crippen molar-refractivity contribution in [2.75, 3.05) is 0 Å². The van der Waals surface area contributed by atoms with Crippen LogP contribution in [0.2, 0.25) is 10.0 Å². The van der Waals surface area contributed by atoms with E-state index in [4.69, 9.17) is 27.4 Å². The van der Waals surface area contributed by atoms with Crippen LogP contribution in [-0.4, -0.2) is 34.8 Å². The summed E-state index contributed by atoms with van der Waals surface area (Å²) in [5.41, 5.74) is -0.483. The topological polar surface area (TPSA) is 51.3 Å². The first-order valence-corrected chi connectivity index (χ1v) is 21.3. The lowest BCUT2D eigenvalue weighted by Gasteiger charge is -2.15. The Balaban J connectivity index is 1.39. The summed E-state index contributed by atoms with van der Waals surface area (Å²) in [6.45, 7) is 8.49. The zero-order valence-electron chi connectivity index (χ0n) is 31.8. The molecule has 5 aromatic carbocycles. The van der Waals surface area contributed by atoms with Crippen LogP contribution in [0.1, 0.15) is 76.1 Å². The maximum atomic E-state index is 14.2. The molecule has 1 aromatic heterocycles. The van der Waals surface area contributed by atoms with Gasteiger partial charge < -0.3 is 8.75 Å². The fourth-order valence-corrected chi connectivity index (χ4v) is 9.62. The molecule has 0 fully saturated rings. The van der Waals surface area contributed by atoms with E-state index >= 15 is 0 Å². The van der Waals surface area contributed by atoms with Crippen molar-refractivity contribution in [1.29, 1.82) is 0 Å². The number of fused-ring (bicyclic) bond motifs is 1. The third kappa shape index (κ3) is 6.48. The lowest BCUT2D eigenvalue weighted by molar-refractivity contribution is -0.476. The van der Waals surface area contributed by atoms with Gasteiger partial charge in [-0.1, -0.05) is 98.1 Å². The van der Waals surface area contributed by atoms with E-state index in [1.165, 1.54) is 0 Å². The highest BCUT2D eigenvalue weighted by Crippen LogP contribution is 2.46. The van der Waals surface area contributed by atoms with E-state index in [0.717, 1.165) is 80.4 Å². The van der Waals surface area contributed by atoms with Gasteiger partial charge in [-0.05, 0) is 80.3 Å². The minimum Gasteiger partial charge on any atom is -0.375 e. The third-order valence-corrected chi connectivity index (χ3v) is 12.7. The van der Waals surface area contributed by atoms with Gasteiger partial charge in [-0.25, -0.2) is 0 Å². The molecule has 0 spiro atoms. The molecule has 2 atom stereocenters. The largest absolute Gasteiger partial charge is 0.534 e. The molecule has 1 aliphatic carbocycles. The van der Waals surface area contributed by atoms with Gasteiger partial charge in [-0.2, -0.15) is 26.2 Å². The van der Waals surface area contributed by atoms with Crippen molar-refractivity contribution in [3.63, 3.8) is 0 Å². The third-order valence-electron chi connectivity index (χ3n) is 11.1. The van der Waals surface area contributed by atoms with Crippen LogP contribution < -0.4 is 5.35 Å². The Morgan fingerprint density at radius 2 is 1.39 bits per heavy atom. The van der Waals surface area contributed by atoms with E-state index in [9.17, 15) is 21.6 Å². The summed E-state index contributed by atoms with van der Waals surface area (Å²) >= 11 is 13.3. The van der Waals surface area contributed by atoms with E-state index in [1.807, 2.05) is 72.8 Å². The number of hydrogen-bond donors (Lipinski definition) is 0. The molecule has 0 N–H and O–H groups in total. The maximum Gasteiger partial charge on any atom is 0.534 e. The predicted molar refractivity (Wildman–Crippen MR) is 228 cm³/mol. The lowest BCUT2D eigenvalue weighted by Crippen LogP contribution is -2.25. The van der Waals surface area contributed by atoms with Crippen molar-refractivity contribution >= 4 is 94.4 Å². The molecule has 2 aliphatic rings. The summed E-state index contributed by atoms with van der Waals surface area (Å²) in [7, 11) is -6.07. The van der Waals surface area contributed by atoms with Gasteiger partial charge in [0, 0.05) is 72.7 Å². The number of alkyl halides is 3. The number of aromatic nitrogens is 1. The molecule has 8 rings (SSSR count). The molecule has 11 heteroatoms. The molecule has 57 heavy (non-hydrogen) atoms. The van der Waals surface area contributed by atoms with Gasteiger partial charge in [0.05, 0.1) is 16.5 Å². The van der Waals surface area contributed by atoms with Crippen molar-refractivity contribution in [3.8, 4) is 0 Å². The molecule has 0 radical (unpaired) electrons. The highest BCUT2D eigenvalue weighted by Gasteiger charge is 2.50. The van der Waals surface area contributed by atoms with Crippen molar-refractivity contribution in [3.05, 3.63) is 141 Å². The highest BCUT2D eigenvalue weighted by atomic mass is 35.5. The SMILES string of the molecule is CCCC(C)n1/c(=C/C=C2C(OS(=O)(=O)C(F)(F)F)=C(/C=C/C3=[N+](C(C)CCC)c4ccc(Cl)c5cccc3c45)c3ccccc3/2)c2cccc3c(Cl)ccc1c32. The summed E-state index contributed by atoms with van der Waals surface area (Å²) in [5, 5.41) is 6.70. The van der Waals surface area contributed by atoms with E-state index in [2.05, 4.69) is 36.8 Å². The molecule has 292 valence electrons. The van der Waals surface area contributed by atoms with Crippen molar-refractivity contribution < 1.29 is 30.3 Å². The normalized spacial score (nSPS) is 16.7. The predicted octanol–water partition coefficient (Wildman–Crippen LogP) is 12.7. The molecule has 6 aromatic rings. The van der Waals surface area contributed by atoms with Gasteiger partial charge in [0.25, 0.3) is 0 Å². The Kier molecular flexibility index (Phi) is 10.2. The molecule has 1 aliphatic heterocycles. The van der Waals surface area contributed by atoms with Crippen LogP contribution in [0.5, 0.6) is 0 Å². The van der Waals surface area contributed by atoms with Gasteiger partial charge in [0.15, 0.2) is 11.8 Å². The maximum absolute atomic E-state index is 14.2. The van der Waals surface area contributed by atoms with E-state index in [-0.39, 0.29) is 23.2 Å². The second-order valence-corrected chi connectivity index (χ2v) is 17.1. The van der Waals surface area contributed by atoms with Gasteiger partial charge in [0.2, 0.25) is 11.4 Å². The van der Waals surface area contributed by atoms with Gasteiger partial charge in [-0.3, -0.25) is 0 Å². The summed E-state index contributed by atoms with van der Waals surface area (Å²) in [4.78, 5) is 0. The summed E-state index contributed by atoms with van der Waals surface area (Å²) in [5.74, 6) is -0.405. The Labute approximate surface area is 339 Å². The summed E-state index contributed by atoms with van der Waals surface area (Å²) in [6, 6.07) is 26.7. The van der Waals surface area contributed by atoms with Gasteiger partial charge in [0.1, 0.15) is 0 Å². The van der Waals surface area contributed by atoms with E-state index in [0.29, 0.717) is 21.2 Å². The van der Waals surface area contributed by atoms with Crippen LogP contribution in [0.3, 0.4) is 0 Å². The molecule has 0 amide bonds. The Hall–Kier alpha value is -4.83. The smallest absolute Gasteiger partial charge is 0.375 e. The van der Waals surface area contributed by atoms with Crippen molar-refractivity contribution in [2.24, 2.45) is 0 Å². The number of benzene rings is 5. The Morgan fingerprint density at radius 1 is 0.754 bits per heavy atom. The molecular formula is C46H40Cl2F3N2O3S+. The first-order valence-electron chi connectivity index (χ1n) is 19.1. The zero-order valence-corrected chi connectivity index (χ0v) is 34.1. The average molecular weight is 829 g/mol. The van der Waals surface area contributed by atoms with Crippen molar-refractivity contribution in [1.82, 2.24) is 4.57 Å². The molecule has 0 saturated heterocycles. The standard InChI is InChI=1S/C46H40Cl2F3N2O3S/c1-5-11-27(3)52-39(35-17-9-15-33-37(47)21-25-41(52)43(33)35)23-19-31-29-13-7-8-14-30(29)32(45(31)56-57(54,55)46(49,50)51)20-24-40-36-18-10-16-34-38(48)22-26-42(44(34)36)53(40)28(4)12-6-2/h7-10,13-28H,5-6,11-12H2,1-4H3/q+1. The second kappa shape index (κ2) is 14.8. The Bertz CT molecular complexity index is 2920. The second-order valence-electron chi connectivity index (χ2n) is 14.7.